The molecule has 2 N–H and O–H groups in total. The van der Waals surface area contributed by atoms with Gasteiger partial charge in [0, 0.05) is 25.7 Å². The molecule has 2 aromatic carbocycles. The van der Waals surface area contributed by atoms with E-state index in [1.165, 1.54) is 0 Å². The van der Waals surface area contributed by atoms with E-state index in [2.05, 4.69) is 10.6 Å². The third kappa shape index (κ3) is 9.22. The lowest BCUT2D eigenvalue weighted by atomic mass is 10.1. The molecule has 43 heavy (non-hydrogen) atoms. The maximum Gasteiger partial charge on any atom is 0.408 e. The Morgan fingerprint density at radius 2 is 1.77 bits per heavy atom. The van der Waals surface area contributed by atoms with Gasteiger partial charge in [0.25, 0.3) is 5.91 Å². The van der Waals surface area contributed by atoms with Crippen LogP contribution in [-0.4, -0.2) is 84.3 Å². The molecule has 0 unspecified atom stereocenters. The molecule has 0 spiro atoms. The van der Waals surface area contributed by atoms with Crippen molar-refractivity contribution < 1.29 is 33.4 Å². The number of hydrogen-bond acceptors (Lipinski definition) is 7. The fourth-order valence-corrected chi connectivity index (χ4v) is 4.93. The minimum Gasteiger partial charge on any atom is -0.491 e. The van der Waals surface area contributed by atoms with Gasteiger partial charge in [0.05, 0.1) is 12.1 Å². The zero-order valence-corrected chi connectivity index (χ0v) is 25.1. The number of amides is 4. The monoisotopic (exact) mass is 592 g/mol. The van der Waals surface area contributed by atoms with Crippen molar-refractivity contribution in [1.82, 2.24) is 20.4 Å². The fourth-order valence-electron chi connectivity index (χ4n) is 4.93. The number of ether oxygens (including phenoxy) is 3. The van der Waals surface area contributed by atoms with Crippen molar-refractivity contribution in [3.05, 3.63) is 77.9 Å². The first-order chi connectivity index (χ1) is 20.5. The number of likely N-dealkylation sites (N-methyl/N-ethyl adjacent to an activating group) is 1. The molecule has 11 nitrogen and oxygen atoms in total. The van der Waals surface area contributed by atoms with E-state index in [4.69, 9.17) is 14.2 Å². The highest BCUT2D eigenvalue weighted by Crippen LogP contribution is 2.23. The van der Waals surface area contributed by atoms with Crippen molar-refractivity contribution in [2.45, 2.75) is 63.9 Å². The molecule has 2 bridgehead atoms. The van der Waals surface area contributed by atoms with Gasteiger partial charge in [-0.05, 0) is 57.4 Å². The lowest BCUT2D eigenvalue weighted by molar-refractivity contribution is -0.134. The van der Waals surface area contributed by atoms with Gasteiger partial charge in [-0.25, -0.2) is 9.59 Å². The second-order valence-electron chi connectivity index (χ2n) is 11.7. The first-order valence-electron chi connectivity index (χ1n) is 14.4. The molecule has 0 aromatic heterocycles. The molecule has 1 fully saturated rings. The zero-order chi connectivity index (χ0) is 31.0. The van der Waals surface area contributed by atoms with Crippen LogP contribution in [0.1, 0.15) is 49.5 Å². The Morgan fingerprint density at radius 1 is 1.00 bits per heavy atom. The molecule has 2 heterocycles. The van der Waals surface area contributed by atoms with Crippen LogP contribution in [0.25, 0.3) is 0 Å². The van der Waals surface area contributed by atoms with E-state index in [0.717, 1.165) is 5.56 Å². The Kier molecular flexibility index (Phi) is 10.3. The number of nitrogens with zero attached hydrogens (tertiary/aromatic N) is 2. The quantitative estimate of drug-likeness (QED) is 0.516. The maximum absolute atomic E-state index is 14.0. The van der Waals surface area contributed by atoms with Crippen molar-refractivity contribution in [1.29, 1.82) is 0 Å². The van der Waals surface area contributed by atoms with Gasteiger partial charge in [0.2, 0.25) is 5.91 Å². The average Bonchev–Trinajstić information content (AvgIpc) is 3.37. The van der Waals surface area contributed by atoms with Crippen LogP contribution in [0.15, 0.2) is 66.7 Å². The summed E-state index contributed by atoms with van der Waals surface area (Å²) in [6.45, 7) is 6.01. The second kappa shape index (κ2) is 14.1. The molecule has 3 atom stereocenters. The van der Waals surface area contributed by atoms with E-state index in [1.807, 2.05) is 30.3 Å². The second-order valence-corrected chi connectivity index (χ2v) is 11.7. The topological polar surface area (TPSA) is 127 Å². The lowest BCUT2D eigenvalue weighted by Crippen LogP contribution is -2.51. The SMILES string of the molecule is CN1C/C=C\C[C@H](NC(=O)OCc2ccccc2)C(=O)N2C[C@@H](NC(=O)OC(C)(C)C)C[C@H]2COc2cccc(c2)C1=O. The number of carbonyl (C=O) groups is 4. The molecular weight excluding hydrogens is 552 g/mol. The van der Waals surface area contributed by atoms with Gasteiger partial charge in [0.15, 0.2) is 0 Å². The molecular formula is C32H40N4O7. The van der Waals surface area contributed by atoms with E-state index >= 15 is 0 Å². The number of alkyl carbamates (subject to hydrolysis) is 2. The third-order valence-corrected chi connectivity index (χ3v) is 7.01. The van der Waals surface area contributed by atoms with Crippen molar-refractivity contribution in [3.8, 4) is 5.75 Å². The standard InChI is InChI=1S/C32H40N4O7/c1-32(2,3)43-31(40)33-24-18-25-21-41-26-14-10-13-23(17-26)28(37)35(4)16-9-8-15-27(29(38)36(25)19-24)34-30(39)42-20-22-11-6-5-7-12-22/h5-14,17,24-25,27H,15-16,18-21H2,1-4H3,(H,33,40)(H,34,39)/b9-8-/t24-,25-,27-/m0/s1. The number of benzene rings is 2. The van der Waals surface area contributed by atoms with E-state index < -0.39 is 35.9 Å². The van der Waals surface area contributed by atoms with Crippen LogP contribution in [0.3, 0.4) is 0 Å². The molecule has 11 heteroatoms. The van der Waals surface area contributed by atoms with E-state index in [9.17, 15) is 19.2 Å². The molecule has 4 rings (SSSR count). The van der Waals surface area contributed by atoms with Crippen LogP contribution in [0.2, 0.25) is 0 Å². The normalized spacial score (nSPS) is 21.9. The van der Waals surface area contributed by atoms with Gasteiger partial charge in [-0.2, -0.15) is 0 Å². The summed E-state index contributed by atoms with van der Waals surface area (Å²) in [5.74, 6) is -0.0273. The molecule has 0 aliphatic carbocycles. The summed E-state index contributed by atoms with van der Waals surface area (Å²) < 4.78 is 16.9. The van der Waals surface area contributed by atoms with Crippen LogP contribution < -0.4 is 15.4 Å². The zero-order valence-electron chi connectivity index (χ0n) is 25.1. The highest BCUT2D eigenvalue weighted by Gasteiger charge is 2.40. The number of nitrogens with one attached hydrogen (secondary N) is 2. The van der Waals surface area contributed by atoms with Crippen molar-refractivity contribution in [2.24, 2.45) is 0 Å². The Morgan fingerprint density at radius 3 is 2.51 bits per heavy atom. The highest BCUT2D eigenvalue weighted by molar-refractivity contribution is 5.94. The minimum absolute atomic E-state index is 0.0525. The molecule has 0 radical (unpaired) electrons. The van der Waals surface area contributed by atoms with Gasteiger partial charge in [0.1, 0.15) is 30.6 Å². The molecule has 2 aliphatic rings. The highest BCUT2D eigenvalue weighted by atomic mass is 16.6. The first-order valence-corrected chi connectivity index (χ1v) is 14.4. The van der Waals surface area contributed by atoms with E-state index in [0.29, 0.717) is 24.3 Å². The fraction of sp³-hybridized carbons (Fsp3) is 0.438. The first kappa shape index (κ1) is 31.4. The van der Waals surface area contributed by atoms with Crippen molar-refractivity contribution in [3.63, 3.8) is 0 Å². The van der Waals surface area contributed by atoms with Crippen molar-refractivity contribution in [2.75, 3.05) is 26.7 Å². The predicted octanol–water partition coefficient (Wildman–Crippen LogP) is 3.89. The summed E-state index contributed by atoms with van der Waals surface area (Å²) in [7, 11) is 1.69. The molecule has 2 aliphatic heterocycles. The number of fused-ring (bicyclic) bond motifs is 3. The maximum atomic E-state index is 14.0. The number of carbonyl (C=O) groups excluding carboxylic acids is 4. The van der Waals surface area contributed by atoms with Crippen molar-refractivity contribution >= 4 is 24.0 Å². The smallest absolute Gasteiger partial charge is 0.408 e. The van der Waals surface area contributed by atoms with E-state index in [1.54, 1.807) is 74.0 Å². The summed E-state index contributed by atoms with van der Waals surface area (Å²) in [6.07, 6.45) is 2.82. The van der Waals surface area contributed by atoms with Crippen LogP contribution in [-0.2, 0) is 20.9 Å². The Labute approximate surface area is 252 Å². The van der Waals surface area contributed by atoms with Crippen LogP contribution in [0.4, 0.5) is 9.59 Å². The summed E-state index contributed by atoms with van der Waals surface area (Å²) in [4.78, 5) is 55.5. The summed E-state index contributed by atoms with van der Waals surface area (Å²) in [5.41, 5.74) is 0.617. The van der Waals surface area contributed by atoms with Gasteiger partial charge >= 0.3 is 12.2 Å². The van der Waals surface area contributed by atoms with E-state index in [-0.39, 0.29) is 38.0 Å². The van der Waals surface area contributed by atoms with Gasteiger partial charge < -0.3 is 34.6 Å². The lowest BCUT2D eigenvalue weighted by Gasteiger charge is -2.28. The van der Waals surface area contributed by atoms with Crippen LogP contribution >= 0.6 is 0 Å². The van der Waals surface area contributed by atoms with Gasteiger partial charge in [-0.1, -0.05) is 48.6 Å². The number of rotatable bonds is 4. The molecule has 230 valence electrons. The van der Waals surface area contributed by atoms with Crippen LogP contribution in [0.5, 0.6) is 5.75 Å². The predicted molar refractivity (Wildman–Crippen MR) is 159 cm³/mol. The molecule has 2 aromatic rings. The van der Waals surface area contributed by atoms with Crippen LogP contribution in [0, 0.1) is 0 Å². The molecule has 1 saturated heterocycles. The molecule has 0 saturated carbocycles. The Hall–Kier alpha value is -4.54. The summed E-state index contributed by atoms with van der Waals surface area (Å²) in [5, 5.41) is 5.58. The van der Waals surface area contributed by atoms with Gasteiger partial charge in [-0.3, -0.25) is 9.59 Å². The Balaban J connectivity index is 1.55. The third-order valence-electron chi connectivity index (χ3n) is 7.01. The Bertz CT molecular complexity index is 1320. The minimum atomic E-state index is -0.950. The number of hydrogen-bond donors (Lipinski definition) is 2. The average molecular weight is 593 g/mol. The van der Waals surface area contributed by atoms with Gasteiger partial charge in [-0.15, -0.1) is 0 Å². The summed E-state index contributed by atoms with van der Waals surface area (Å²) >= 11 is 0. The largest absolute Gasteiger partial charge is 0.491 e. The molecule has 4 amide bonds. The summed E-state index contributed by atoms with van der Waals surface area (Å²) in [6, 6.07) is 14.4.